The molecule has 0 fully saturated rings. The molecule has 0 saturated carbocycles. The van der Waals surface area contributed by atoms with Crippen LogP contribution in [-0.4, -0.2) is 29.5 Å². The summed E-state index contributed by atoms with van der Waals surface area (Å²) in [6.45, 7) is 2.53. The molecule has 8 nitrogen and oxygen atoms in total. The number of hydrogen-bond donors (Lipinski definition) is 2. The number of aromatic hydroxyl groups is 2. The van der Waals surface area contributed by atoms with Gasteiger partial charge in [0.1, 0.15) is 18.0 Å². The van der Waals surface area contributed by atoms with Crippen molar-refractivity contribution in [3.8, 4) is 17.3 Å². The lowest BCUT2D eigenvalue weighted by atomic mass is 10.1. The van der Waals surface area contributed by atoms with Crippen molar-refractivity contribution in [3.05, 3.63) is 76.2 Å². The molecule has 0 aliphatic rings. The average molecular weight is 410 g/mol. The minimum Gasteiger partial charge on any atom is -0.507 e. The van der Waals surface area contributed by atoms with Crippen LogP contribution in [0.15, 0.2) is 53.3 Å². The summed E-state index contributed by atoms with van der Waals surface area (Å²) >= 11 is 0. The molecule has 2 N–H and O–H groups in total. The van der Waals surface area contributed by atoms with E-state index in [4.69, 9.17) is 4.74 Å². The molecule has 2 aromatic carbocycles. The smallest absolute Gasteiger partial charge is 0.350 e. The predicted molar refractivity (Wildman–Crippen MR) is 107 cm³/mol. The number of halogens is 1. The molecule has 0 spiro atoms. The zero-order valence-electron chi connectivity index (χ0n) is 16.1. The molecule has 2 aromatic heterocycles. The Labute approximate surface area is 170 Å². The second-order valence-electron chi connectivity index (χ2n) is 6.65. The lowest BCUT2D eigenvalue weighted by Crippen LogP contribution is -2.24. The largest absolute Gasteiger partial charge is 0.507 e. The SMILES string of the molecule is CCn1c(COCc2ccccc2)nn(-c2cc3c(O)cc(O)nc3cc2F)c1=O. The second-order valence-corrected chi connectivity index (χ2v) is 6.65. The van der Waals surface area contributed by atoms with Crippen LogP contribution in [0.1, 0.15) is 18.3 Å². The number of pyridine rings is 1. The molecule has 154 valence electrons. The van der Waals surface area contributed by atoms with E-state index in [2.05, 4.69) is 10.1 Å². The number of aromatic nitrogens is 4. The van der Waals surface area contributed by atoms with Gasteiger partial charge < -0.3 is 14.9 Å². The molecule has 9 heteroatoms. The normalized spacial score (nSPS) is 11.3. The molecule has 0 bridgehead atoms. The summed E-state index contributed by atoms with van der Waals surface area (Å²) in [7, 11) is 0. The Morgan fingerprint density at radius 1 is 1.10 bits per heavy atom. The predicted octanol–water partition coefficient (Wildman–Crippen LogP) is 2.87. The van der Waals surface area contributed by atoms with Gasteiger partial charge in [0.25, 0.3) is 0 Å². The van der Waals surface area contributed by atoms with E-state index in [0.29, 0.717) is 19.0 Å². The van der Waals surface area contributed by atoms with Crippen molar-refractivity contribution in [2.45, 2.75) is 26.7 Å². The van der Waals surface area contributed by atoms with Crippen molar-refractivity contribution in [2.24, 2.45) is 0 Å². The van der Waals surface area contributed by atoms with Crippen molar-refractivity contribution in [3.63, 3.8) is 0 Å². The maximum Gasteiger partial charge on any atom is 0.350 e. The Morgan fingerprint density at radius 2 is 1.87 bits per heavy atom. The van der Waals surface area contributed by atoms with Crippen LogP contribution in [0.5, 0.6) is 11.6 Å². The van der Waals surface area contributed by atoms with E-state index in [9.17, 15) is 19.4 Å². The summed E-state index contributed by atoms with van der Waals surface area (Å²) in [5, 5.41) is 24.0. The Hall–Kier alpha value is -3.72. The Balaban J connectivity index is 1.69. The minimum absolute atomic E-state index is 0.0585. The number of benzene rings is 2. The molecule has 4 aromatic rings. The van der Waals surface area contributed by atoms with Crippen LogP contribution in [0.4, 0.5) is 4.39 Å². The first kappa shape index (κ1) is 19.6. The molecule has 0 aliphatic carbocycles. The van der Waals surface area contributed by atoms with E-state index < -0.39 is 17.4 Å². The highest BCUT2D eigenvalue weighted by atomic mass is 19.1. The van der Waals surface area contributed by atoms with Crippen LogP contribution in [0.3, 0.4) is 0 Å². The van der Waals surface area contributed by atoms with Gasteiger partial charge in [0.05, 0.1) is 12.1 Å². The van der Waals surface area contributed by atoms with Crippen LogP contribution in [-0.2, 0) is 24.5 Å². The standard InChI is InChI=1S/C21H19FN4O4/c1-2-25-19(12-30-11-13-6-4-3-5-7-13)24-26(21(25)29)17-8-14-16(9-15(17)22)23-20(28)10-18(14)27/h3-10H,2,11-12H2,1H3,(H2,23,27,28). The lowest BCUT2D eigenvalue weighted by molar-refractivity contribution is 0.0989. The van der Waals surface area contributed by atoms with Gasteiger partial charge in [-0.2, -0.15) is 4.68 Å². The minimum atomic E-state index is -0.764. The number of ether oxygens (including phenoxy) is 1. The Bertz CT molecular complexity index is 1270. The van der Waals surface area contributed by atoms with Gasteiger partial charge in [0.2, 0.25) is 5.88 Å². The summed E-state index contributed by atoms with van der Waals surface area (Å²) < 4.78 is 22.7. The third kappa shape index (κ3) is 3.62. The lowest BCUT2D eigenvalue weighted by Gasteiger charge is -2.06. The topological polar surface area (TPSA) is 102 Å². The summed E-state index contributed by atoms with van der Waals surface area (Å²) in [5.41, 5.74) is 0.379. The van der Waals surface area contributed by atoms with Gasteiger partial charge in [-0.3, -0.25) is 4.57 Å². The van der Waals surface area contributed by atoms with Crippen molar-refractivity contribution < 1.29 is 19.3 Å². The van der Waals surface area contributed by atoms with Crippen LogP contribution in [0.25, 0.3) is 16.6 Å². The summed E-state index contributed by atoms with van der Waals surface area (Å²) in [6, 6.07) is 12.9. The molecular formula is C21H19FN4O4. The molecule has 0 unspecified atom stereocenters. The average Bonchev–Trinajstić information content (AvgIpc) is 3.03. The summed E-state index contributed by atoms with van der Waals surface area (Å²) in [6.07, 6.45) is 0. The van der Waals surface area contributed by atoms with E-state index in [1.54, 1.807) is 6.92 Å². The fraction of sp³-hybridized carbons (Fsp3) is 0.190. The van der Waals surface area contributed by atoms with Gasteiger partial charge in [-0.15, -0.1) is 5.10 Å². The number of hydrogen-bond acceptors (Lipinski definition) is 6. The maximum atomic E-state index is 14.7. The first-order valence-corrected chi connectivity index (χ1v) is 9.31. The molecule has 0 aliphatic heterocycles. The number of rotatable bonds is 6. The maximum absolute atomic E-state index is 14.7. The monoisotopic (exact) mass is 410 g/mol. The van der Waals surface area contributed by atoms with E-state index in [-0.39, 0.29) is 28.9 Å². The van der Waals surface area contributed by atoms with Crippen molar-refractivity contribution >= 4 is 10.9 Å². The molecular weight excluding hydrogens is 391 g/mol. The summed E-state index contributed by atoms with van der Waals surface area (Å²) in [5.74, 6) is -1.13. The number of nitrogens with zero attached hydrogens (tertiary/aromatic N) is 4. The van der Waals surface area contributed by atoms with Gasteiger partial charge in [-0.05, 0) is 18.6 Å². The highest BCUT2D eigenvalue weighted by Gasteiger charge is 2.18. The first-order chi connectivity index (χ1) is 14.5. The van der Waals surface area contributed by atoms with Crippen LogP contribution >= 0.6 is 0 Å². The molecule has 0 saturated heterocycles. The Kier molecular flexibility index (Phi) is 5.20. The number of fused-ring (bicyclic) bond motifs is 1. The van der Waals surface area contributed by atoms with Crippen molar-refractivity contribution in [1.82, 2.24) is 19.3 Å². The molecule has 0 atom stereocenters. The van der Waals surface area contributed by atoms with Gasteiger partial charge in [0.15, 0.2) is 11.6 Å². The van der Waals surface area contributed by atoms with Gasteiger partial charge in [-0.25, -0.2) is 14.2 Å². The van der Waals surface area contributed by atoms with Crippen molar-refractivity contribution in [1.29, 1.82) is 0 Å². The third-order valence-corrected chi connectivity index (χ3v) is 4.67. The van der Waals surface area contributed by atoms with Gasteiger partial charge in [-0.1, -0.05) is 30.3 Å². The highest BCUT2D eigenvalue weighted by molar-refractivity contribution is 5.87. The third-order valence-electron chi connectivity index (χ3n) is 4.67. The molecule has 2 heterocycles. The van der Waals surface area contributed by atoms with Gasteiger partial charge >= 0.3 is 5.69 Å². The van der Waals surface area contributed by atoms with E-state index in [1.165, 1.54) is 10.6 Å². The van der Waals surface area contributed by atoms with Crippen LogP contribution in [0.2, 0.25) is 0 Å². The first-order valence-electron chi connectivity index (χ1n) is 9.31. The fourth-order valence-corrected chi connectivity index (χ4v) is 3.22. The van der Waals surface area contributed by atoms with Gasteiger partial charge in [0, 0.05) is 24.1 Å². The van der Waals surface area contributed by atoms with Crippen molar-refractivity contribution in [2.75, 3.05) is 0 Å². The molecule has 4 rings (SSSR count). The zero-order chi connectivity index (χ0) is 21.3. The van der Waals surface area contributed by atoms with E-state index in [1.807, 2.05) is 30.3 Å². The van der Waals surface area contributed by atoms with E-state index in [0.717, 1.165) is 22.4 Å². The fourth-order valence-electron chi connectivity index (χ4n) is 3.22. The summed E-state index contributed by atoms with van der Waals surface area (Å²) in [4.78, 5) is 16.6. The molecule has 30 heavy (non-hydrogen) atoms. The zero-order valence-corrected chi connectivity index (χ0v) is 16.1. The molecule has 0 amide bonds. The van der Waals surface area contributed by atoms with Crippen LogP contribution in [0, 0.1) is 5.82 Å². The second kappa shape index (κ2) is 7.96. The Morgan fingerprint density at radius 3 is 2.60 bits per heavy atom. The quantitative estimate of drug-likeness (QED) is 0.507. The van der Waals surface area contributed by atoms with E-state index >= 15 is 0 Å². The highest BCUT2D eigenvalue weighted by Crippen LogP contribution is 2.29. The van der Waals surface area contributed by atoms with Crippen LogP contribution < -0.4 is 5.69 Å². The molecule has 0 radical (unpaired) electrons.